The molecule has 0 radical (unpaired) electrons. The summed E-state index contributed by atoms with van der Waals surface area (Å²) in [5, 5.41) is 8.18. The van der Waals surface area contributed by atoms with E-state index in [1.807, 2.05) is 12.1 Å². The average molecular weight is 323 g/mol. The van der Waals surface area contributed by atoms with E-state index in [-0.39, 0.29) is 11.5 Å². The van der Waals surface area contributed by atoms with Gasteiger partial charge in [0.05, 0.1) is 18.7 Å². The molecule has 0 spiro atoms. The lowest BCUT2D eigenvalue weighted by atomic mass is 10.2. The molecule has 3 rings (SSSR count). The Morgan fingerprint density at radius 2 is 2.00 bits per heavy atom. The van der Waals surface area contributed by atoms with Gasteiger partial charge in [0.2, 0.25) is 5.91 Å². The normalized spacial score (nSPS) is 11.9. The van der Waals surface area contributed by atoms with Gasteiger partial charge in [-0.2, -0.15) is 5.10 Å². The number of benzene rings is 2. The summed E-state index contributed by atoms with van der Waals surface area (Å²) in [7, 11) is 1.56. The Bertz CT molecular complexity index is 949. The minimum Gasteiger partial charge on any atom is -0.497 e. The minimum atomic E-state index is -0.742. The van der Waals surface area contributed by atoms with Gasteiger partial charge in [0, 0.05) is 17.1 Å². The molecule has 0 aliphatic carbocycles. The molecule has 0 saturated carbocycles. The lowest BCUT2D eigenvalue weighted by Crippen LogP contribution is -2.33. The van der Waals surface area contributed by atoms with Gasteiger partial charge in [0.1, 0.15) is 11.8 Å². The molecule has 3 aromatic rings. The summed E-state index contributed by atoms with van der Waals surface area (Å²) in [4.78, 5) is 25.0. The number of hydrogen-bond donors (Lipinski definition) is 1. The lowest BCUT2D eigenvalue weighted by molar-refractivity contribution is -0.119. The van der Waals surface area contributed by atoms with Gasteiger partial charge in [-0.1, -0.05) is 24.3 Å². The topological polar surface area (TPSA) is 73.2 Å². The van der Waals surface area contributed by atoms with E-state index in [4.69, 9.17) is 4.74 Å². The first-order valence-corrected chi connectivity index (χ1v) is 7.51. The van der Waals surface area contributed by atoms with E-state index < -0.39 is 6.04 Å². The van der Waals surface area contributed by atoms with E-state index >= 15 is 0 Å². The molecule has 0 saturated heterocycles. The molecule has 1 N–H and O–H groups in total. The van der Waals surface area contributed by atoms with Crippen molar-refractivity contribution in [3.8, 4) is 5.75 Å². The fourth-order valence-electron chi connectivity index (χ4n) is 2.44. The molecule has 0 aliphatic rings. The molecule has 0 fully saturated rings. The lowest BCUT2D eigenvalue weighted by Gasteiger charge is -2.15. The van der Waals surface area contributed by atoms with Crippen molar-refractivity contribution in [3.05, 3.63) is 65.1 Å². The van der Waals surface area contributed by atoms with Crippen LogP contribution in [-0.4, -0.2) is 22.8 Å². The third kappa shape index (κ3) is 2.99. The highest BCUT2D eigenvalue weighted by Gasteiger charge is 2.18. The first-order chi connectivity index (χ1) is 11.6. The first kappa shape index (κ1) is 15.7. The number of hydrogen-bond acceptors (Lipinski definition) is 4. The van der Waals surface area contributed by atoms with Gasteiger partial charge in [0.25, 0.3) is 5.56 Å². The summed E-state index contributed by atoms with van der Waals surface area (Å²) in [5.41, 5.74) is 0.307. The smallest absolute Gasteiger partial charge is 0.275 e. The van der Waals surface area contributed by atoms with Crippen molar-refractivity contribution >= 4 is 22.4 Å². The van der Waals surface area contributed by atoms with Crippen molar-refractivity contribution in [2.45, 2.75) is 13.0 Å². The number of amides is 1. The molecule has 1 heterocycles. The SMILES string of the molecule is COc1cccc(NC(=O)C(C)n2ncc3ccccc3c2=O)c1. The second-order valence-electron chi connectivity index (χ2n) is 5.38. The summed E-state index contributed by atoms with van der Waals surface area (Å²) in [6.07, 6.45) is 1.59. The zero-order chi connectivity index (χ0) is 17.1. The molecule has 6 nitrogen and oxygen atoms in total. The molecular weight excluding hydrogens is 306 g/mol. The molecular formula is C18H17N3O3. The maximum atomic E-state index is 12.5. The fraction of sp³-hybridized carbons (Fsp3) is 0.167. The predicted molar refractivity (Wildman–Crippen MR) is 92.3 cm³/mol. The van der Waals surface area contributed by atoms with Crippen LogP contribution < -0.4 is 15.6 Å². The highest BCUT2D eigenvalue weighted by Crippen LogP contribution is 2.18. The van der Waals surface area contributed by atoms with Gasteiger partial charge in [-0.3, -0.25) is 9.59 Å². The van der Waals surface area contributed by atoms with Crippen molar-refractivity contribution < 1.29 is 9.53 Å². The maximum absolute atomic E-state index is 12.5. The number of carbonyl (C=O) groups is 1. The summed E-state index contributed by atoms with van der Waals surface area (Å²) < 4.78 is 6.32. The van der Waals surface area contributed by atoms with Gasteiger partial charge in [-0.05, 0) is 25.1 Å². The van der Waals surface area contributed by atoms with Crippen LogP contribution in [0.2, 0.25) is 0 Å². The van der Waals surface area contributed by atoms with Gasteiger partial charge in [-0.15, -0.1) is 0 Å². The molecule has 6 heteroatoms. The van der Waals surface area contributed by atoms with Crippen LogP contribution in [0.1, 0.15) is 13.0 Å². The van der Waals surface area contributed by atoms with Crippen LogP contribution >= 0.6 is 0 Å². The third-order valence-corrected chi connectivity index (χ3v) is 3.80. The highest BCUT2D eigenvalue weighted by molar-refractivity contribution is 5.93. The van der Waals surface area contributed by atoms with E-state index in [0.29, 0.717) is 16.8 Å². The van der Waals surface area contributed by atoms with Gasteiger partial charge < -0.3 is 10.1 Å². The molecule has 0 bridgehead atoms. The first-order valence-electron chi connectivity index (χ1n) is 7.51. The van der Waals surface area contributed by atoms with Crippen LogP contribution in [-0.2, 0) is 4.79 Å². The molecule has 122 valence electrons. The number of aromatic nitrogens is 2. The van der Waals surface area contributed by atoms with Crippen LogP contribution in [0.15, 0.2) is 59.5 Å². The van der Waals surface area contributed by atoms with Crippen LogP contribution in [0.4, 0.5) is 5.69 Å². The van der Waals surface area contributed by atoms with Gasteiger partial charge in [0.15, 0.2) is 0 Å². The van der Waals surface area contributed by atoms with E-state index in [1.54, 1.807) is 56.6 Å². The molecule has 1 atom stereocenters. The van der Waals surface area contributed by atoms with Crippen molar-refractivity contribution in [2.75, 3.05) is 12.4 Å². The second kappa shape index (κ2) is 6.54. The number of nitrogens with one attached hydrogen (secondary N) is 1. The zero-order valence-electron chi connectivity index (χ0n) is 13.4. The highest BCUT2D eigenvalue weighted by atomic mass is 16.5. The Labute approximate surface area is 138 Å². The predicted octanol–water partition coefficient (Wildman–Crippen LogP) is 2.60. The largest absolute Gasteiger partial charge is 0.497 e. The van der Waals surface area contributed by atoms with Crippen molar-refractivity contribution in [3.63, 3.8) is 0 Å². The Balaban J connectivity index is 1.88. The summed E-state index contributed by atoms with van der Waals surface area (Å²) in [6.45, 7) is 1.64. The van der Waals surface area contributed by atoms with Gasteiger partial charge in [-0.25, -0.2) is 4.68 Å². The van der Waals surface area contributed by atoms with Crippen LogP contribution in [0.3, 0.4) is 0 Å². The van der Waals surface area contributed by atoms with E-state index in [1.165, 1.54) is 4.68 Å². The maximum Gasteiger partial charge on any atom is 0.275 e. The quantitative estimate of drug-likeness (QED) is 0.801. The Morgan fingerprint density at radius 1 is 1.21 bits per heavy atom. The standard InChI is InChI=1S/C18H17N3O3/c1-12(17(22)20-14-7-5-8-15(10-14)24-2)21-18(23)16-9-4-3-6-13(16)11-19-21/h3-12H,1-2H3,(H,20,22). The zero-order valence-corrected chi connectivity index (χ0v) is 13.4. The van der Waals surface area contributed by atoms with Crippen LogP contribution in [0, 0.1) is 0 Å². The van der Waals surface area contributed by atoms with E-state index in [2.05, 4.69) is 10.4 Å². The number of rotatable bonds is 4. The summed E-state index contributed by atoms with van der Waals surface area (Å²) in [5.74, 6) is 0.314. The third-order valence-electron chi connectivity index (χ3n) is 3.80. The van der Waals surface area contributed by atoms with E-state index in [9.17, 15) is 9.59 Å². The Hall–Kier alpha value is -3.15. The molecule has 2 aromatic carbocycles. The van der Waals surface area contributed by atoms with Crippen molar-refractivity contribution in [2.24, 2.45) is 0 Å². The number of methoxy groups -OCH3 is 1. The van der Waals surface area contributed by atoms with Crippen molar-refractivity contribution in [1.29, 1.82) is 0 Å². The minimum absolute atomic E-state index is 0.290. The molecule has 24 heavy (non-hydrogen) atoms. The van der Waals surface area contributed by atoms with Crippen molar-refractivity contribution in [1.82, 2.24) is 9.78 Å². The Kier molecular flexibility index (Phi) is 4.29. The summed E-state index contributed by atoms with van der Waals surface area (Å²) in [6, 6.07) is 13.5. The fourth-order valence-corrected chi connectivity index (χ4v) is 2.44. The van der Waals surface area contributed by atoms with E-state index in [0.717, 1.165) is 5.39 Å². The number of carbonyl (C=O) groups excluding carboxylic acids is 1. The number of fused-ring (bicyclic) bond motifs is 1. The van der Waals surface area contributed by atoms with Gasteiger partial charge >= 0.3 is 0 Å². The molecule has 1 unspecified atom stereocenters. The monoisotopic (exact) mass is 323 g/mol. The number of nitrogens with zero attached hydrogens (tertiary/aromatic N) is 2. The number of anilines is 1. The Morgan fingerprint density at radius 3 is 2.79 bits per heavy atom. The van der Waals surface area contributed by atoms with Crippen LogP contribution in [0.25, 0.3) is 10.8 Å². The number of ether oxygens (including phenoxy) is 1. The molecule has 1 aromatic heterocycles. The second-order valence-corrected chi connectivity index (χ2v) is 5.38. The molecule has 1 amide bonds. The molecule has 0 aliphatic heterocycles. The van der Waals surface area contributed by atoms with Crippen LogP contribution in [0.5, 0.6) is 5.75 Å². The average Bonchev–Trinajstić information content (AvgIpc) is 2.62. The summed E-state index contributed by atoms with van der Waals surface area (Å²) >= 11 is 0.